The molecule has 0 aromatic heterocycles. The van der Waals surface area contributed by atoms with Crippen LogP contribution in [0.4, 0.5) is 5.69 Å². The molecule has 0 spiro atoms. The summed E-state index contributed by atoms with van der Waals surface area (Å²) in [6.45, 7) is 1.61. The van der Waals surface area contributed by atoms with Crippen molar-refractivity contribution in [2.75, 3.05) is 11.3 Å². The fourth-order valence-electron chi connectivity index (χ4n) is 2.77. The van der Waals surface area contributed by atoms with Crippen molar-refractivity contribution in [3.63, 3.8) is 0 Å². The zero-order valence-electron chi connectivity index (χ0n) is 16.5. The minimum Gasteiger partial charge on any atom is -0.482 e. The molecule has 0 saturated heterocycles. The second-order valence-electron chi connectivity index (χ2n) is 6.70. The Labute approximate surface area is 194 Å². The molecule has 1 amide bonds. The first kappa shape index (κ1) is 23.1. The summed E-state index contributed by atoms with van der Waals surface area (Å²) in [6.07, 6.45) is 0. The molecular formula is C22H20BrClN2O4S. The van der Waals surface area contributed by atoms with E-state index in [9.17, 15) is 13.2 Å². The molecule has 0 heterocycles. The first-order valence-corrected chi connectivity index (χ1v) is 11.9. The van der Waals surface area contributed by atoms with Crippen molar-refractivity contribution < 1.29 is 17.9 Å². The van der Waals surface area contributed by atoms with E-state index in [0.29, 0.717) is 5.69 Å². The van der Waals surface area contributed by atoms with Crippen LogP contribution in [0.15, 0.2) is 82.2 Å². The van der Waals surface area contributed by atoms with Crippen LogP contribution in [-0.2, 0) is 14.8 Å². The summed E-state index contributed by atoms with van der Waals surface area (Å²) >= 11 is 9.59. The van der Waals surface area contributed by atoms with E-state index < -0.39 is 10.0 Å². The largest absolute Gasteiger partial charge is 0.482 e. The Hall–Kier alpha value is -2.55. The van der Waals surface area contributed by atoms with E-state index in [4.69, 9.17) is 16.3 Å². The molecular weight excluding hydrogens is 504 g/mol. The van der Waals surface area contributed by atoms with Gasteiger partial charge in [-0.2, -0.15) is 0 Å². The number of para-hydroxylation sites is 1. The number of nitrogens with one attached hydrogen (secondary N) is 2. The van der Waals surface area contributed by atoms with Gasteiger partial charge in [0.05, 0.1) is 16.0 Å². The van der Waals surface area contributed by atoms with Gasteiger partial charge in [-0.25, -0.2) is 8.42 Å². The predicted molar refractivity (Wildman–Crippen MR) is 125 cm³/mol. The van der Waals surface area contributed by atoms with Gasteiger partial charge < -0.3 is 10.1 Å². The molecule has 1 atom stereocenters. The van der Waals surface area contributed by atoms with Crippen molar-refractivity contribution in [2.24, 2.45) is 0 Å². The highest BCUT2D eigenvalue weighted by atomic mass is 79.9. The lowest BCUT2D eigenvalue weighted by Gasteiger charge is -2.15. The number of benzene rings is 3. The number of rotatable bonds is 8. The van der Waals surface area contributed by atoms with E-state index in [0.717, 1.165) is 10.0 Å². The molecule has 0 unspecified atom stereocenters. The van der Waals surface area contributed by atoms with Crippen molar-refractivity contribution in [2.45, 2.75) is 17.9 Å². The van der Waals surface area contributed by atoms with E-state index in [1.165, 1.54) is 18.2 Å². The van der Waals surface area contributed by atoms with Gasteiger partial charge in [0, 0.05) is 10.2 Å². The number of anilines is 1. The highest BCUT2D eigenvalue weighted by Gasteiger charge is 2.17. The summed E-state index contributed by atoms with van der Waals surface area (Å²) in [6, 6.07) is 20.0. The van der Waals surface area contributed by atoms with Crippen LogP contribution in [0.2, 0.25) is 5.02 Å². The predicted octanol–water partition coefficient (Wildman–Crippen LogP) is 5.16. The van der Waals surface area contributed by atoms with Crippen LogP contribution in [0.3, 0.4) is 0 Å². The summed E-state index contributed by atoms with van der Waals surface area (Å²) in [5.41, 5.74) is 1.39. The number of ether oxygens (including phenoxy) is 1. The quantitative estimate of drug-likeness (QED) is 0.427. The van der Waals surface area contributed by atoms with Crippen LogP contribution in [0.25, 0.3) is 0 Å². The maximum Gasteiger partial charge on any atom is 0.261 e. The molecule has 0 fully saturated rings. The number of amides is 1. The molecule has 3 aromatic carbocycles. The van der Waals surface area contributed by atoms with Crippen molar-refractivity contribution in [3.05, 3.63) is 87.9 Å². The first-order valence-electron chi connectivity index (χ1n) is 9.29. The van der Waals surface area contributed by atoms with E-state index in [2.05, 4.69) is 26.0 Å². The van der Waals surface area contributed by atoms with E-state index >= 15 is 0 Å². The van der Waals surface area contributed by atoms with Gasteiger partial charge in [-0.3, -0.25) is 9.52 Å². The van der Waals surface area contributed by atoms with Gasteiger partial charge in [0.25, 0.3) is 15.9 Å². The average molecular weight is 524 g/mol. The summed E-state index contributed by atoms with van der Waals surface area (Å²) in [5.74, 6) is -0.114. The molecule has 0 radical (unpaired) electrons. The molecule has 2 N–H and O–H groups in total. The minimum absolute atomic E-state index is 0.0126. The number of carbonyl (C=O) groups is 1. The minimum atomic E-state index is -3.81. The molecule has 31 heavy (non-hydrogen) atoms. The van der Waals surface area contributed by atoms with Gasteiger partial charge in [-0.15, -0.1) is 0 Å². The molecule has 0 aliphatic heterocycles. The fourth-order valence-corrected chi connectivity index (χ4v) is 4.57. The third kappa shape index (κ3) is 6.46. The van der Waals surface area contributed by atoms with Crippen LogP contribution >= 0.6 is 27.5 Å². The normalized spacial score (nSPS) is 12.1. The maximum absolute atomic E-state index is 12.5. The Morgan fingerprint density at radius 1 is 1.06 bits per heavy atom. The van der Waals surface area contributed by atoms with Crippen LogP contribution < -0.4 is 14.8 Å². The first-order chi connectivity index (χ1) is 14.7. The zero-order valence-corrected chi connectivity index (χ0v) is 19.7. The highest BCUT2D eigenvalue weighted by Crippen LogP contribution is 2.28. The number of carbonyl (C=O) groups excluding carboxylic acids is 1. The molecule has 0 aliphatic carbocycles. The summed E-state index contributed by atoms with van der Waals surface area (Å²) in [7, 11) is -3.81. The standard InChI is InChI=1S/C22H20BrClN2O4S/c1-15(16-6-5-7-17(23)12-16)25-22(27)14-30-21-11-10-19(13-20(21)24)31(28,29)26-18-8-3-2-4-9-18/h2-13,15,26H,14H2,1H3,(H,25,27)/t15-/m1/s1. The van der Waals surface area contributed by atoms with Crippen molar-refractivity contribution in [1.29, 1.82) is 0 Å². The van der Waals surface area contributed by atoms with Gasteiger partial charge >= 0.3 is 0 Å². The molecule has 0 saturated carbocycles. The van der Waals surface area contributed by atoms with Gasteiger partial charge in [-0.05, 0) is 55.0 Å². The molecule has 162 valence electrons. The van der Waals surface area contributed by atoms with Crippen LogP contribution in [0.5, 0.6) is 5.75 Å². The highest BCUT2D eigenvalue weighted by molar-refractivity contribution is 9.10. The van der Waals surface area contributed by atoms with E-state index in [1.54, 1.807) is 30.3 Å². The SMILES string of the molecule is C[C@@H](NC(=O)COc1ccc(S(=O)(=O)Nc2ccccc2)cc1Cl)c1cccc(Br)c1. The van der Waals surface area contributed by atoms with Gasteiger partial charge in [0.2, 0.25) is 0 Å². The lowest BCUT2D eigenvalue weighted by molar-refractivity contribution is -0.123. The van der Waals surface area contributed by atoms with Crippen LogP contribution in [-0.4, -0.2) is 20.9 Å². The van der Waals surface area contributed by atoms with Gasteiger partial charge in [0.15, 0.2) is 6.61 Å². The number of hydrogen-bond donors (Lipinski definition) is 2. The third-order valence-electron chi connectivity index (χ3n) is 4.32. The van der Waals surface area contributed by atoms with Crippen LogP contribution in [0, 0.1) is 0 Å². The summed E-state index contributed by atoms with van der Waals surface area (Å²) in [5, 5.41) is 2.93. The van der Waals surface area contributed by atoms with E-state index in [-0.39, 0.29) is 34.2 Å². The Balaban J connectivity index is 1.60. The topological polar surface area (TPSA) is 84.5 Å². The van der Waals surface area contributed by atoms with Crippen molar-refractivity contribution >= 4 is 49.1 Å². The number of sulfonamides is 1. The van der Waals surface area contributed by atoms with Crippen molar-refractivity contribution in [3.8, 4) is 5.75 Å². The molecule has 3 aromatic rings. The zero-order chi connectivity index (χ0) is 22.4. The Bertz CT molecular complexity index is 1170. The second kappa shape index (κ2) is 10.2. The van der Waals surface area contributed by atoms with Crippen molar-refractivity contribution in [1.82, 2.24) is 5.32 Å². The maximum atomic E-state index is 12.5. The van der Waals surface area contributed by atoms with E-state index in [1.807, 2.05) is 31.2 Å². The monoisotopic (exact) mass is 522 g/mol. The Kier molecular flexibility index (Phi) is 7.59. The fraction of sp³-hybridized carbons (Fsp3) is 0.136. The number of hydrogen-bond acceptors (Lipinski definition) is 4. The Morgan fingerprint density at radius 2 is 1.81 bits per heavy atom. The molecule has 3 rings (SSSR count). The molecule has 6 nitrogen and oxygen atoms in total. The smallest absolute Gasteiger partial charge is 0.261 e. The lowest BCUT2D eigenvalue weighted by atomic mass is 10.1. The molecule has 0 aliphatic rings. The van der Waals surface area contributed by atoms with Gasteiger partial charge in [0.1, 0.15) is 5.75 Å². The number of halogens is 2. The third-order valence-corrected chi connectivity index (χ3v) is 6.49. The average Bonchev–Trinajstić information content (AvgIpc) is 2.73. The summed E-state index contributed by atoms with van der Waals surface area (Å²) < 4.78 is 33.9. The summed E-state index contributed by atoms with van der Waals surface area (Å²) in [4.78, 5) is 12.2. The lowest BCUT2D eigenvalue weighted by Crippen LogP contribution is -2.31. The second-order valence-corrected chi connectivity index (χ2v) is 9.70. The Morgan fingerprint density at radius 3 is 2.48 bits per heavy atom. The van der Waals surface area contributed by atoms with Crippen LogP contribution in [0.1, 0.15) is 18.5 Å². The molecule has 9 heteroatoms. The molecule has 0 bridgehead atoms. The van der Waals surface area contributed by atoms with Gasteiger partial charge in [-0.1, -0.05) is 57.9 Å².